The number of nitrogens with zero attached hydrogens (tertiary/aromatic N) is 1. The van der Waals surface area contributed by atoms with Gasteiger partial charge in [-0.2, -0.15) is 0 Å². The first-order valence-corrected chi connectivity index (χ1v) is 12.1. The van der Waals surface area contributed by atoms with Gasteiger partial charge in [0.1, 0.15) is 12.4 Å². The Balaban J connectivity index is 1.79. The monoisotopic (exact) mass is 485 g/mol. The number of nitrogens with one attached hydrogen (secondary N) is 1. The van der Waals surface area contributed by atoms with E-state index in [2.05, 4.69) is 5.32 Å². The van der Waals surface area contributed by atoms with Gasteiger partial charge in [-0.15, -0.1) is 0 Å². The van der Waals surface area contributed by atoms with E-state index in [1.54, 1.807) is 13.8 Å². The van der Waals surface area contributed by atoms with Gasteiger partial charge in [-0.3, -0.25) is 4.79 Å². The number of hydrogen-bond acceptors (Lipinski definition) is 5. The molecule has 1 aliphatic heterocycles. The molecule has 2 aromatic carbocycles. The predicted molar refractivity (Wildman–Crippen MR) is 130 cm³/mol. The molecule has 35 heavy (non-hydrogen) atoms. The minimum atomic E-state index is -0.701. The summed E-state index contributed by atoms with van der Waals surface area (Å²) in [5.41, 5.74) is 1.53. The van der Waals surface area contributed by atoms with E-state index >= 15 is 0 Å². The van der Waals surface area contributed by atoms with Crippen LogP contribution < -0.4 is 5.32 Å². The molecular formula is C27H34FN2O5+. The van der Waals surface area contributed by atoms with Gasteiger partial charge in [-0.25, -0.2) is 14.0 Å². The van der Waals surface area contributed by atoms with Gasteiger partial charge in [-0.05, 0) is 37.1 Å². The van der Waals surface area contributed by atoms with Crippen LogP contribution in [0.5, 0.6) is 0 Å². The average molecular weight is 486 g/mol. The quantitative estimate of drug-likeness (QED) is 0.399. The minimum Gasteiger partial charge on any atom is -0.462 e. The third-order valence-corrected chi connectivity index (χ3v) is 6.54. The molecule has 188 valence electrons. The number of likely N-dealkylation sites (tertiary alicyclic amines) is 1. The molecule has 1 heterocycles. The highest BCUT2D eigenvalue weighted by Gasteiger charge is 2.45. The maximum Gasteiger partial charge on any atom is 0.362 e. The van der Waals surface area contributed by atoms with Crippen molar-refractivity contribution in [1.82, 2.24) is 0 Å². The summed E-state index contributed by atoms with van der Waals surface area (Å²) in [6.45, 7) is 6.95. The highest BCUT2D eigenvalue weighted by molar-refractivity contribution is 6.03. The molecule has 7 nitrogen and oxygen atoms in total. The summed E-state index contributed by atoms with van der Waals surface area (Å²) < 4.78 is 24.9. The van der Waals surface area contributed by atoms with Crippen molar-refractivity contribution in [2.24, 2.45) is 0 Å². The summed E-state index contributed by atoms with van der Waals surface area (Å²) in [5.74, 6) is -1.95. The van der Waals surface area contributed by atoms with Crippen molar-refractivity contribution in [2.45, 2.75) is 52.7 Å². The number of quaternary nitrogens is 1. The first-order chi connectivity index (χ1) is 16.8. The van der Waals surface area contributed by atoms with Crippen molar-refractivity contribution in [1.29, 1.82) is 0 Å². The highest BCUT2D eigenvalue weighted by Crippen LogP contribution is 2.29. The Labute approximate surface area is 205 Å². The third kappa shape index (κ3) is 6.45. The molecule has 1 amide bonds. The van der Waals surface area contributed by atoms with Crippen molar-refractivity contribution in [3.63, 3.8) is 0 Å². The van der Waals surface area contributed by atoms with Crippen LogP contribution in [0.1, 0.15) is 54.6 Å². The molecule has 0 saturated carbocycles. The van der Waals surface area contributed by atoms with Crippen LogP contribution >= 0.6 is 0 Å². The summed E-state index contributed by atoms with van der Waals surface area (Å²) in [7, 11) is 0. The molecule has 1 fully saturated rings. The molecule has 0 aliphatic carbocycles. The van der Waals surface area contributed by atoms with Crippen LogP contribution in [0, 0.1) is 12.7 Å². The average Bonchev–Trinajstić information content (AvgIpc) is 3.29. The number of rotatable bonds is 10. The van der Waals surface area contributed by atoms with Crippen LogP contribution in [0.4, 0.5) is 10.1 Å². The van der Waals surface area contributed by atoms with Gasteiger partial charge < -0.3 is 19.3 Å². The first-order valence-electron chi connectivity index (χ1n) is 12.1. The fraction of sp³-hybridized carbons (Fsp3) is 0.444. The fourth-order valence-corrected chi connectivity index (χ4v) is 4.89. The van der Waals surface area contributed by atoms with Gasteiger partial charge in [0.05, 0.1) is 30.9 Å². The second-order valence-electron chi connectivity index (χ2n) is 8.96. The van der Waals surface area contributed by atoms with Crippen LogP contribution in [0.3, 0.4) is 0 Å². The third-order valence-electron chi connectivity index (χ3n) is 6.54. The second kappa shape index (κ2) is 11.9. The van der Waals surface area contributed by atoms with E-state index < -0.39 is 17.8 Å². The van der Waals surface area contributed by atoms with E-state index in [1.165, 1.54) is 6.07 Å². The zero-order chi connectivity index (χ0) is 25.4. The zero-order valence-corrected chi connectivity index (χ0v) is 20.6. The van der Waals surface area contributed by atoms with E-state index in [4.69, 9.17) is 9.47 Å². The molecule has 1 N–H and O–H groups in total. The molecule has 0 aromatic heterocycles. The molecule has 0 radical (unpaired) electrons. The lowest BCUT2D eigenvalue weighted by atomic mass is 10.0. The minimum absolute atomic E-state index is 0.0252. The number of benzene rings is 2. The lowest BCUT2D eigenvalue weighted by molar-refractivity contribution is -0.924. The Hall–Kier alpha value is -3.26. The molecule has 3 rings (SSSR count). The molecule has 1 atom stereocenters. The Morgan fingerprint density at radius 2 is 1.74 bits per heavy atom. The lowest BCUT2D eigenvalue weighted by Crippen LogP contribution is -2.60. The summed E-state index contributed by atoms with van der Waals surface area (Å²) in [5, 5.41) is 2.85. The molecular weight excluding hydrogens is 451 g/mol. The van der Waals surface area contributed by atoms with Crippen molar-refractivity contribution < 1.29 is 32.7 Å². The largest absolute Gasteiger partial charge is 0.462 e. The fourth-order valence-electron chi connectivity index (χ4n) is 4.89. The van der Waals surface area contributed by atoms with E-state index in [0.29, 0.717) is 29.6 Å². The number of anilines is 1. The van der Waals surface area contributed by atoms with Gasteiger partial charge in [0, 0.05) is 19.3 Å². The number of esters is 2. The molecule has 0 bridgehead atoms. The Morgan fingerprint density at radius 3 is 2.37 bits per heavy atom. The van der Waals surface area contributed by atoms with Gasteiger partial charge >= 0.3 is 11.9 Å². The highest BCUT2D eigenvalue weighted by atomic mass is 19.1. The standard InChI is InChI=1S/C27H33FN2O5/c1-4-23(26(32)29-25-19(3)15-21(28)16-22(25)27(33)34-5-2)30(13-9-10-14-30)17-24(31)35-18-20-11-7-6-8-12-20/h6-8,11-12,15-16,23H,4-5,9-10,13-14,17-18H2,1-3H3/p+1. The summed E-state index contributed by atoms with van der Waals surface area (Å²) in [4.78, 5) is 38.8. The van der Waals surface area contributed by atoms with Crippen LogP contribution in [0.15, 0.2) is 42.5 Å². The smallest absolute Gasteiger partial charge is 0.362 e. The normalized spacial score (nSPS) is 15.3. The van der Waals surface area contributed by atoms with E-state index in [-0.39, 0.29) is 42.9 Å². The van der Waals surface area contributed by atoms with Gasteiger partial charge in [-0.1, -0.05) is 37.3 Å². The van der Waals surface area contributed by atoms with Crippen LogP contribution in [-0.2, 0) is 25.7 Å². The number of ether oxygens (including phenoxy) is 2. The summed E-state index contributed by atoms with van der Waals surface area (Å²) in [6, 6.07) is 11.3. The Morgan fingerprint density at radius 1 is 1.06 bits per heavy atom. The number of aryl methyl sites for hydroxylation is 1. The molecule has 1 unspecified atom stereocenters. The topological polar surface area (TPSA) is 81.7 Å². The van der Waals surface area contributed by atoms with E-state index in [1.807, 2.05) is 37.3 Å². The van der Waals surface area contributed by atoms with Crippen LogP contribution in [0.25, 0.3) is 0 Å². The molecule has 8 heteroatoms. The van der Waals surface area contributed by atoms with Crippen molar-refractivity contribution in [3.8, 4) is 0 Å². The van der Waals surface area contributed by atoms with Gasteiger partial charge in [0.15, 0.2) is 12.6 Å². The number of amides is 1. The Bertz CT molecular complexity index is 1050. The molecule has 1 aliphatic rings. The van der Waals surface area contributed by atoms with Gasteiger partial charge in [0.2, 0.25) is 0 Å². The van der Waals surface area contributed by atoms with Crippen LogP contribution in [-0.4, -0.2) is 54.6 Å². The van der Waals surface area contributed by atoms with Crippen molar-refractivity contribution in [3.05, 3.63) is 65.0 Å². The zero-order valence-electron chi connectivity index (χ0n) is 20.6. The predicted octanol–water partition coefficient (Wildman–Crippen LogP) is 4.38. The number of carbonyl (C=O) groups is 3. The maximum absolute atomic E-state index is 14.0. The molecule has 0 spiro atoms. The van der Waals surface area contributed by atoms with Crippen molar-refractivity contribution in [2.75, 3.05) is 31.6 Å². The first kappa shape index (κ1) is 26.3. The van der Waals surface area contributed by atoms with E-state index in [0.717, 1.165) is 24.5 Å². The summed E-state index contributed by atoms with van der Waals surface area (Å²) in [6.07, 6.45) is 2.30. The Kier molecular flexibility index (Phi) is 8.98. The van der Waals surface area contributed by atoms with Gasteiger partial charge in [0.25, 0.3) is 5.91 Å². The van der Waals surface area contributed by atoms with Crippen molar-refractivity contribution >= 4 is 23.5 Å². The lowest BCUT2D eigenvalue weighted by Gasteiger charge is -2.39. The SMILES string of the molecule is CCOC(=O)c1cc(F)cc(C)c1NC(=O)C(CC)[N+]1(CC(=O)OCc2ccccc2)CCCC1. The van der Waals surface area contributed by atoms with E-state index in [9.17, 15) is 18.8 Å². The molecule has 2 aromatic rings. The summed E-state index contributed by atoms with van der Waals surface area (Å²) >= 11 is 0. The molecule has 1 saturated heterocycles. The number of halogens is 1. The number of carbonyl (C=O) groups excluding carboxylic acids is 3. The maximum atomic E-state index is 14.0. The number of hydrogen-bond donors (Lipinski definition) is 1. The van der Waals surface area contributed by atoms with Crippen LogP contribution in [0.2, 0.25) is 0 Å². The second-order valence-corrected chi connectivity index (χ2v) is 8.96.